The first-order valence-corrected chi connectivity index (χ1v) is 7.38. The maximum Gasteiger partial charge on any atom is 0.0123 e. The Kier molecular flexibility index (Phi) is 5.82. The van der Waals surface area contributed by atoms with Crippen molar-refractivity contribution >= 4 is 0 Å². The van der Waals surface area contributed by atoms with Gasteiger partial charge in [0.25, 0.3) is 0 Å². The summed E-state index contributed by atoms with van der Waals surface area (Å²) >= 11 is 0. The second kappa shape index (κ2) is 6.64. The second-order valence-corrected chi connectivity index (χ2v) is 6.07. The van der Waals surface area contributed by atoms with E-state index >= 15 is 0 Å². The van der Waals surface area contributed by atoms with Crippen molar-refractivity contribution in [2.75, 3.05) is 6.54 Å². The maximum absolute atomic E-state index is 3.77. The third-order valence-corrected chi connectivity index (χ3v) is 4.18. The van der Waals surface area contributed by atoms with Crippen LogP contribution >= 0.6 is 0 Å². The third-order valence-electron chi connectivity index (χ3n) is 4.18. The minimum absolute atomic E-state index is 0.625. The molecule has 1 fully saturated rings. The van der Waals surface area contributed by atoms with Crippen LogP contribution in [0.3, 0.4) is 0 Å². The normalized spacial score (nSPS) is 21.6. The molecule has 1 atom stereocenters. The maximum atomic E-state index is 3.77. The van der Waals surface area contributed by atoms with Gasteiger partial charge in [-0.05, 0) is 43.6 Å². The molecule has 0 radical (unpaired) electrons. The summed E-state index contributed by atoms with van der Waals surface area (Å²) in [5, 5.41) is 3.77. The van der Waals surface area contributed by atoms with Gasteiger partial charge in [-0.25, -0.2) is 0 Å². The molecule has 1 saturated carbocycles. The van der Waals surface area contributed by atoms with Gasteiger partial charge in [-0.1, -0.05) is 47.0 Å². The fourth-order valence-corrected chi connectivity index (χ4v) is 3.75. The molecule has 0 aromatic heterocycles. The topological polar surface area (TPSA) is 12.0 Å². The lowest BCUT2D eigenvalue weighted by Crippen LogP contribution is -2.44. The zero-order chi connectivity index (χ0) is 12.0. The van der Waals surface area contributed by atoms with E-state index in [4.69, 9.17) is 0 Å². The van der Waals surface area contributed by atoms with Crippen molar-refractivity contribution < 1.29 is 0 Å². The Balaban J connectivity index is 2.71. The fraction of sp³-hybridized carbons (Fsp3) is 1.00. The van der Waals surface area contributed by atoms with Crippen LogP contribution in [0.15, 0.2) is 0 Å². The van der Waals surface area contributed by atoms with Gasteiger partial charge in [-0.2, -0.15) is 0 Å². The highest BCUT2D eigenvalue weighted by Crippen LogP contribution is 2.47. The molecule has 1 unspecified atom stereocenters. The summed E-state index contributed by atoms with van der Waals surface area (Å²) in [4.78, 5) is 0. The van der Waals surface area contributed by atoms with E-state index < -0.39 is 0 Å². The summed E-state index contributed by atoms with van der Waals surface area (Å²) in [6.45, 7) is 10.5. The van der Waals surface area contributed by atoms with E-state index in [-0.39, 0.29) is 0 Å². The van der Waals surface area contributed by atoms with E-state index in [1.165, 1.54) is 44.9 Å². The van der Waals surface area contributed by atoms with Gasteiger partial charge in [0.05, 0.1) is 0 Å². The number of hydrogen-bond donors (Lipinski definition) is 1. The van der Waals surface area contributed by atoms with Crippen LogP contribution in [0.1, 0.15) is 72.6 Å². The minimum atomic E-state index is 0.625. The highest BCUT2D eigenvalue weighted by Gasteiger charge is 2.40. The molecule has 0 spiro atoms. The molecule has 0 saturated heterocycles. The van der Waals surface area contributed by atoms with E-state index in [0.717, 1.165) is 18.5 Å². The SMILES string of the molecule is CCCC(NCC)C1(CC(C)C)CCCC1. The van der Waals surface area contributed by atoms with E-state index in [1.807, 2.05) is 0 Å². The molecular weight excluding hydrogens is 194 g/mol. The number of hydrogen-bond acceptors (Lipinski definition) is 1. The molecule has 0 aromatic carbocycles. The van der Waals surface area contributed by atoms with Crippen molar-refractivity contribution in [2.24, 2.45) is 11.3 Å². The highest BCUT2D eigenvalue weighted by molar-refractivity contribution is 4.94. The standard InChI is InChI=1S/C15H31N/c1-5-9-14(16-6-2)15(12-13(3)4)10-7-8-11-15/h13-14,16H,5-12H2,1-4H3. The molecule has 1 heteroatoms. The van der Waals surface area contributed by atoms with Gasteiger partial charge in [0.2, 0.25) is 0 Å². The summed E-state index contributed by atoms with van der Waals surface area (Å²) in [5.74, 6) is 0.844. The molecule has 1 aliphatic carbocycles. The van der Waals surface area contributed by atoms with Crippen LogP contribution in [0.25, 0.3) is 0 Å². The van der Waals surface area contributed by atoms with Crippen LogP contribution in [-0.2, 0) is 0 Å². The molecule has 0 aliphatic heterocycles. The molecular formula is C15H31N. The van der Waals surface area contributed by atoms with Crippen molar-refractivity contribution in [2.45, 2.75) is 78.7 Å². The zero-order valence-corrected chi connectivity index (χ0v) is 11.8. The molecule has 1 aliphatic rings. The van der Waals surface area contributed by atoms with E-state index in [9.17, 15) is 0 Å². The van der Waals surface area contributed by atoms with Gasteiger partial charge in [0.15, 0.2) is 0 Å². The molecule has 0 amide bonds. The molecule has 16 heavy (non-hydrogen) atoms. The highest BCUT2D eigenvalue weighted by atomic mass is 14.9. The van der Waals surface area contributed by atoms with Crippen molar-refractivity contribution in [3.63, 3.8) is 0 Å². The largest absolute Gasteiger partial charge is 0.314 e. The molecule has 1 rings (SSSR count). The number of nitrogens with one attached hydrogen (secondary N) is 1. The van der Waals surface area contributed by atoms with Crippen molar-refractivity contribution in [3.8, 4) is 0 Å². The van der Waals surface area contributed by atoms with Gasteiger partial charge in [-0.15, -0.1) is 0 Å². The summed E-state index contributed by atoms with van der Waals surface area (Å²) in [5.41, 5.74) is 0.625. The first kappa shape index (κ1) is 14.0. The van der Waals surface area contributed by atoms with Gasteiger partial charge in [-0.3, -0.25) is 0 Å². The molecule has 96 valence electrons. The van der Waals surface area contributed by atoms with Crippen LogP contribution < -0.4 is 5.32 Å². The van der Waals surface area contributed by atoms with Gasteiger partial charge >= 0.3 is 0 Å². The lowest BCUT2D eigenvalue weighted by Gasteiger charge is -2.40. The average Bonchev–Trinajstić information content (AvgIpc) is 2.66. The average molecular weight is 225 g/mol. The molecule has 1 N–H and O–H groups in total. The first-order chi connectivity index (χ1) is 7.64. The molecule has 0 bridgehead atoms. The molecule has 0 heterocycles. The Morgan fingerprint density at radius 3 is 2.19 bits per heavy atom. The van der Waals surface area contributed by atoms with E-state index in [2.05, 4.69) is 33.0 Å². The number of rotatable bonds is 7. The predicted molar refractivity (Wildman–Crippen MR) is 72.7 cm³/mol. The Labute approximate surface area is 102 Å². The monoisotopic (exact) mass is 225 g/mol. The molecule has 1 nitrogen and oxygen atoms in total. The van der Waals surface area contributed by atoms with Crippen LogP contribution in [0.2, 0.25) is 0 Å². The first-order valence-electron chi connectivity index (χ1n) is 7.38. The van der Waals surface area contributed by atoms with Crippen LogP contribution in [0, 0.1) is 11.3 Å². The quantitative estimate of drug-likeness (QED) is 0.678. The summed E-state index contributed by atoms with van der Waals surface area (Å²) in [6, 6.07) is 0.771. The smallest absolute Gasteiger partial charge is 0.0123 e. The Morgan fingerprint density at radius 2 is 1.75 bits per heavy atom. The van der Waals surface area contributed by atoms with Gasteiger partial charge in [0.1, 0.15) is 0 Å². The lowest BCUT2D eigenvalue weighted by molar-refractivity contribution is 0.148. The second-order valence-electron chi connectivity index (χ2n) is 6.07. The summed E-state index contributed by atoms with van der Waals surface area (Å²) < 4.78 is 0. The van der Waals surface area contributed by atoms with Crippen LogP contribution in [-0.4, -0.2) is 12.6 Å². The third kappa shape index (κ3) is 3.48. The zero-order valence-electron chi connectivity index (χ0n) is 11.8. The van der Waals surface area contributed by atoms with Crippen molar-refractivity contribution in [1.29, 1.82) is 0 Å². The fourth-order valence-electron chi connectivity index (χ4n) is 3.75. The van der Waals surface area contributed by atoms with Crippen LogP contribution in [0.5, 0.6) is 0 Å². The predicted octanol–water partition coefficient (Wildman–Crippen LogP) is 4.37. The van der Waals surface area contributed by atoms with Gasteiger partial charge in [0, 0.05) is 6.04 Å². The lowest BCUT2D eigenvalue weighted by atomic mass is 9.71. The van der Waals surface area contributed by atoms with Crippen molar-refractivity contribution in [1.82, 2.24) is 5.32 Å². The van der Waals surface area contributed by atoms with Crippen LogP contribution in [0.4, 0.5) is 0 Å². The Bertz CT molecular complexity index is 174. The Hall–Kier alpha value is -0.0400. The Morgan fingerprint density at radius 1 is 1.12 bits per heavy atom. The molecule has 0 aromatic rings. The van der Waals surface area contributed by atoms with E-state index in [1.54, 1.807) is 0 Å². The summed E-state index contributed by atoms with van der Waals surface area (Å²) in [6.07, 6.45) is 9.94. The van der Waals surface area contributed by atoms with Gasteiger partial charge < -0.3 is 5.32 Å². The minimum Gasteiger partial charge on any atom is -0.314 e. The summed E-state index contributed by atoms with van der Waals surface area (Å²) in [7, 11) is 0. The van der Waals surface area contributed by atoms with Crippen molar-refractivity contribution in [3.05, 3.63) is 0 Å². The van der Waals surface area contributed by atoms with E-state index in [0.29, 0.717) is 5.41 Å².